The van der Waals surface area contributed by atoms with Gasteiger partial charge in [0.25, 0.3) is 0 Å². The lowest BCUT2D eigenvalue weighted by molar-refractivity contribution is -0.122. The van der Waals surface area contributed by atoms with Gasteiger partial charge in [0, 0.05) is 18.8 Å². The first kappa shape index (κ1) is 18.0. The first-order chi connectivity index (χ1) is 14.3. The lowest BCUT2D eigenvalue weighted by atomic mass is 9.87. The van der Waals surface area contributed by atoms with Crippen LogP contribution in [0, 0.1) is 0 Å². The number of benzene rings is 3. The molecular formula is C26H26N2O. The second-order valence-corrected chi connectivity index (χ2v) is 8.05. The average molecular weight is 383 g/mol. The summed E-state index contributed by atoms with van der Waals surface area (Å²) in [4.78, 5) is 16.1. The summed E-state index contributed by atoms with van der Waals surface area (Å²) in [5.41, 5.74) is 6.13. The number of carbonyl (C=O) groups excluding carboxylic acids is 1. The van der Waals surface area contributed by atoms with Gasteiger partial charge in [0.2, 0.25) is 5.91 Å². The molecule has 2 aliphatic rings. The van der Waals surface area contributed by atoms with Crippen LogP contribution in [-0.4, -0.2) is 19.0 Å². The van der Waals surface area contributed by atoms with Gasteiger partial charge in [-0.2, -0.15) is 0 Å². The topological polar surface area (TPSA) is 32.3 Å². The van der Waals surface area contributed by atoms with E-state index < -0.39 is 0 Å². The van der Waals surface area contributed by atoms with Crippen molar-refractivity contribution in [1.82, 2.24) is 5.32 Å². The molecule has 5 rings (SSSR count). The maximum Gasteiger partial charge on any atom is 0.232 e. The van der Waals surface area contributed by atoms with Crippen molar-refractivity contribution in [2.24, 2.45) is 0 Å². The molecule has 0 aliphatic carbocycles. The molecule has 0 unspecified atom stereocenters. The highest BCUT2D eigenvalue weighted by Gasteiger charge is 2.32. The number of hydrogen-bond acceptors (Lipinski definition) is 2. The quantitative estimate of drug-likeness (QED) is 0.701. The van der Waals surface area contributed by atoms with Gasteiger partial charge in [-0.15, -0.1) is 0 Å². The zero-order valence-electron chi connectivity index (χ0n) is 16.6. The Morgan fingerprint density at radius 3 is 2.24 bits per heavy atom. The third-order valence-corrected chi connectivity index (χ3v) is 6.25. The molecule has 1 N–H and O–H groups in total. The third-order valence-electron chi connectivity index (χ3n) is 6.25. The molecule has 2 heterocycles. The summed E-state index contributed by atoms with van der Waals surface area (Å²) in [6, 6.07) is 26.8. The Balaban J connectivity index is 1.47. The number of nitrogens with zero attached hydrogens (tertiary/aromatic N) is 1. The van der Waals surface area contributed by atoms with Crippen molar-refractivity contribution in [2.45, 2.75) is 31.2 Å². The van der Waals surface area contributed by atoms with Gasteiger partial charge in [-0.3, -0.25) is 4.79 Å². The van der Waals surface area contributed by atoms with Crippen LogP contribution < -0.4 is 10.2 Å². The fourth-order valence-electron chi connectivity index (χ4n) is 4.91. The minimum atomic E-state index is -0.296. The minimum absolute atomic E-state index is 0.0710. The fraction of sp³-hybridized carbons (Fsp3) is 0.269. The van der Waals surface area contributed by atoms with Crippen molar-refractivity contribution in [1.29, 1.82) is 0 Å². The Labute approximate surface area is 172 Å². The van der Waals surface area contributed by atoms with Crippen LogP contribution in [0.1, 0.15) is 47.1 Å². The number of anilines is 1. The molecule has 0 spiro atoms. The van der Waals surface area contributed by atoms with Gasteiger partial charge < -0.3 is 10.2 Å². The van der Waals surface area contributed by atoms with Crippen LogP contribution in [0.4, 0.5) is 5.69 Å². The highest BCUT2D eigenvalue weighted by molar-refractivity contribution is 5.87. The van der Waals surface area contributed by atoms with Gasteiger partial charge in [-0.25, -0.2) is 0 Å². The lowest BCUT2D eigenvalue weighted by Crippen LogP contribution is -2.42. The van der Waals surface area contributed by atoms with E-state index in [0.717, 1.165) is 37.1 Å². The Bertz CT molecular complexity index is 960. The summed E-state index contributed by atoms with van der Waals surface area (Å²) < 4.78 is 0. The Morgan fingerprint density at radius 2 is 1.55 bits per heavy atom. The standard InChI is InChI=1S/C26H26N2O/c29-26(24(19-9-3-1-4-10-19)20-11-5-2-6-12-20)27-23-16-18-28-17-8-14-21-13-7-15-22(23)25(21)28/h1-7,9-13,15,23-24H,8,14,16-18H2,(H,27,29)/t23-/m1/s1. The normalized spacial score (nSPS) is 17.7. The van der Waals surface area contributed by atoms with Crippen molar-refractivity contribution in [2.75, 3.05) is 18.0 Å². The van der Waals surface area contributed by atoms with Crippen LogP contribution in [0.2, 0.25) is 0 Å². The smallest absolute Gasteiger partial charge is 0.232 e. The highest BCUT2D eigenvalue weighted by Crippen LogP contribution is 2.40. The molecule has 146 valence electrons. The molecule has 3 heteroatoms. The summed E-state index contributed by atoms with van der Waals surface area (Å²) >= 11 is 0. The van der Waals surface area contributed by atoms with E-state index in [1.54, 1.807) is 0 Å². The number of nitrogens with one attached hydrogen (secondary N) is 1. The highest BCUT2D eigenvalue weighted by atomic mass is 16.2. The molecule has 0 saturated carbocycles. The van der Waals surface area contributed by atoms with Gasteiger partial charge >= 0.3 is 0 Å². The zero-order valence-corrected chi connectivity index (χ0v) is 16.6. The summed E-state index contributed by atoms with van der Waals surface area (Å²) in [7, 11) is 0. The van der Waals surface area contributed by atoms with Gasteiger partial charge in [0.15, 0.2) is 0 Å². The van der Waals surface area contributed by atoms with Gasteiger partial charge in [-0.1, -0.05) is 78.9 Å². The Kier molecular flexibility index (Phi) is 4.81. The predicted octanol–water partition coefficient (Wildman–Crippen LogP) is 4.83. The molecule has 1 atom stereocenters. The molecule has 3 aromatic rings. The monoisotopic (exact) mass is 382 g/mol. The van der Waals surface area contributed by atoms with Crippen molar-refractivity contribution < 1.29 is 4.79 Å². The molecule has 0 aromatic heterocycles. The lowest BCUT2D eigenvalue weighted by Gasteiger charge is -2.40. The van der Waals surface area contributed by atoms with Crippen molar-refractivity contribution in [3.63, 3.8) is 0 Å². The van der Waals surface area contributed by atoms with Crippen LogP contribution in [0.3, 0.4) is 0 Å². The van der Waals surface area contributed by atoms with Crippen molar-refractivity contribution in [3.8, 4) is 0 Å². The second-order valence-electron chi connectivity index (χ2n) is 8.05. The molecule has 3 nitrogen and oxygen atoms in total. The molecule has 29 heavy (non-hydrogen) atoms. The molecule has 2 aliphatic heterocycles. The van der Waals surface area contributed by atoms with Gasteiger partial charge in [0.1, 0.15) is 0 Å². The van der Waals surface area contributed by atoms with E-state index in [0.29, 0.717) is 0 Å². The third kappa shape index (κ3) is 3.42. The minimum Gasteiger partial charge on any atom is -0.371 e. The number of rotatable bonds is 4. The number of aryl methyl sites for hydroxylation is 1. The van der Waals surface area contributed by atoms with E-state index in [-0.39, 0.29) is 17.9 Å². The Hall–Kier alpha value is -3.07. The molecule has 0 fully saturated rings. The van der Waals surface area contributed by atoms with Gasteiger partial charge in [0.05, 0.1) is 12.0 Å². The van der Waals surface area contributed by atoms with Crippen molar-refractivity contribution >= 4 is 11.6 Å². The number of hydrogen-bond donors (Lipinski definition) is 1. The van der Waals surface area contributed by atoms with E-state index in [4.69, 9.17) is 0 Å². The van der Waals surface area contributed by atoms with Crippen LogP contribution in [0.5, 0.6) is 0 Å². The molecule has 1 amide bonds. The first-order valence-corrected chi connectivity index (χ1v) is 10.6. The summed E-state index contributed by atoms with van der Waals surface area (Å²) in [5, 5.41) is 3.40. The maximum absolute atomic E-state index is 13.5. The summed E-state index contributed by atoms with van der Waals surface area (Å²) in [6.07, 6.45) is 3.31. The predicted molar refractivity (Wildman–Crippen MR) is 117 cm³/mol. The van der Waals surface area contributed by atoms with Crippen molar-refractivity contribution in [3.05, 3.63) is 101 Å². The van der Waals surface area contributed by atoms with E-state index in [9.17, 15) is 4.79 Å². The molecular weight excluding hydrogens is 356 g/mol. The number of para-hydroxylation sites is 1. The fourth-order valence-corrected chi connectivity index (χ4v) is 4.91. The SMILES string of the molecule is O=C(N[C@@H]1CCN2CCCc3cccc1c32)C(c1ccccc1)c1ccccc1. The molecule has 0 radical (unpaired) electrons. The average Bonchev–Trinajstić information content (AvgIpc) is 2.78. The molecule has 0 saturated heterocycles. The number of amides is 1. The van der Waals surface area contributed by atoms with Crippen LogP contribution in [0.15, 0.2) is 78.9 Å². The van der Waals surface area contributed by atoms with E-state index in [1.165, 1.54) is 23.2 Å². The zero-order chi connectivity index (χ0) is 19.6. The van der Waals surface area contributed by atoms with Crippen LogP contribution in [0.25, 0.3) is 0 Å². The van der Waals surface area contributed by atoms with E-state index >= 15 is 0 Å². The molecule has 3 aromatic carbocycles. The largest absolute Gasteiger partial charge is 0.371 e. The van der Waals surface area contributed by atoms with Crippen LogP contribution >= 0.6 is 0 Å². The molecule has 0 bridgehead atoms. The Morgan fingerprint density at radius 1 is 0.862 bits per heavy atom. The second kappa shape index (κ2) is 7.75. The first-order valence-electron chi connectivity index (χ1n) is 10.6. The summed E-state index contributed by atoms with van der Waals surface area (Å²) in [5.74, 6) is -0.218. The summed E-state index contributed by atoms with van der Waals surface area (Å²) in [6.45, 7) is 2.14. The van der Waals surface area contributed by atoms with Crippen LogP contribution in [-0.2, 0) is 11.2 Å². The van der Waals surface area contributed by atoms with Gasteiger partial charge in [-0.05, 0) is 41.5 Å². The van der Waals surface area contributed by atoms with E-state index in [1.807, 2.05) is 60.7 Å². The maximum atomic E-state index is 13.5. The number of carbonyl (C=O) groups is 1. The van der Waals surface area contributed by atoms with E-state index in [2.05, 4.69) is 28.4 Å².